The fourth-order valence-electron chi connectivity index (χ4n) is 6.02. The van der Waals surface area contributed by atoms with E-state index >= 15 is 0 Å². The van der Waals surface area contributed by atoms with Crippen molar-refractivity contribution in [1.82, 2.24) is 19.6 Å². The van der Waals surface area contributed by atoms with E-state index in [-0.39, 0.29) is 0 Å². The van der Waals surface area contributed by atoms with Crippen molar-refractivity contribution in [3.63, 3.8) is 0 Å². The Kier molecular flexibility index (Phi) is 7.80. The molecule has 0 N–H and O–H groups in total. The van der Waals surface area contributed by atoms with E-state index in [1.54, 1.807) is 0 Å². The molecule has 1 aliphatic carbocycles. The van der Waals surface area contributed by atoms with Crippen molar-refractivity contribution in [2.24, 2.45) is 11.8 Å². The van der Waals surface area contributed by atoms with Gasteiger partial charge in [-0.15, -0.1) is 0 Å². The van der Waals surface area contributed by atoms with Gasteiger partial charge in [0.2, 0.25) is 0 Å². The molecule has 5 aliphatic heterocycles. The Hall–Kier alpha value is -0.160. The summed E-state index contributed by atoms with van der Waals surface area (Å²) in [7, 11) is 0. The van der Waals surface area contributed by atoms with Gasteiger partial charge in [0.1, 0.15) is 0 Å². The number of piperidine rings is 2. The standard InChI is InChI=1S/C22H44N4/c1-5-23(6-2)13-15-25-17-19-9-11-21(25)20-10-12-22(19)26(18-20)16-14-24(7-3)8-4/h19-22H,5-18H2,1-4H3/t19-,20+,21+,22-. The first-order valence-corrected chi connectivity index (χ1v) is 11.6. The van der Waals surface area contributed by atoms with Gasteiger partial charge >= 0.3 is 0 Å². The van der Waals surface area contributed by atoms with Crippen molar-refractivity contribution < 1.29 is 0 Å². The highest BCUT2D eigenvalue weighted by atomic mass is 15.3. The summed E-state index contributed by atoms with van der Waals surface area (Å²) in [5, 5.41) is 0. The number of hydrogen-bond donors (Lipinski definition) is 0. The molecule has 0 amide bonds. The molecular formula is C22H44N4. The average Bonchev–Trinajstić information content (AvgIpc) is 2.67. The first-order chi connectivity index (χ1) is 12.7. The minimum atomic E-state index is 0.860. The lowest BCUT2D eigenvalue weighted by molar-refractivity contribution is -0.0616. The molecule has 4 heteroatoms. The van der Waals surface area contributed by atoms with E-state index < -0.39 is 0 Å². The Bertz CT molecular complexity index is 369. The minimum Gasteiger partial charge on any atom is -0.303 e. The Labute approximate surface area is 162 Å². The quantitative estimate of drug-likeness (QED) is 0.591. The molecule has 6 fully saturated rings. The second kappa shape index (κ2) is 9.86. The van der Waals surface area contributed by atoms with Crippen LogP contribution >= 0.6 is 0 Å². The first-order valence-electron chi connectivity index (χ1n) is 11.6. The zero-order valence-corrected chi connectivity index (χ0v) is 18.0. The zero-order valence-electron chi connectivity index (χ0n) is 18.0. The van der Waals surface area contributed by atoms with E-state index in [0.717, 1.165) is 23.9 Å². The Balaban J connectivity index is 1.60. The molecule has 5 saturated heterocycles. The summed E-state index contributed by atoms with van der Waals surface area (Å²) in [4.78, 5) is 11.0. The molecule has 0 aromatic rings. The predicted molar refractivity (Wildman–Crippen MR) is 112 cm³/mol. The van der Waals surface area contributed by atoms with Gasteiger partial charge in [0, 0.05) is 51.4 Å². The molecule has 4 nitrogen and oxygen atoms in total. The van der Waals surface area contributed by atoms with Gasteiger partial charge in [0.25, 0.3) is 0 Å². The summed E-state index contributed by atoms with van der Waals surface area (Å²) in [6, 6.07) is 1.72. The van der Waals surface area contributed by atoms with E-state index in [1.165, 1.54) is 91.1 Å². The summed E-state index contributed by atoms with van der Waals surface area (Å²) in [6.45, 7) is 21.9. The number of rotatable bonds is 10. The lowest BCUT2D eigenvalue weighted by atomic mass is 9.71. The molecule has 6 aliphatic rings. The van der Waals surface area contributed by atoms with Gasteiger partial charge in [0.15, 0.2) is 0 Å². The van der Waals surface area contributed by atoms with Crippen molar-refractivity contribution in [2.75, 3.05) is 65.4 Å². The maximum Gasteiger partial charge on any atom is 0.0136 e. The highest BCUT2D eigenvalue weighted by Crippen LogP contribution is 2.41. The van der Waals surface area contributed by atoms with Crippen molar-refractivity contribution in [3.05, 3.63) is 0 Å². The Morgan fingerprint density at radius 3 is 1.35 bits per heavy atom. The van der Waals surface area contributed by atoms with Gasteiger partial charge in [-0.2, -0.15) is 0 Å². The SMILES string of the molecule is CCN(CC)CCN1C[C@@H]2CC[C@@H]1[C@@H]1CC[C@@H]2N(CCN(CC)CC)C1. The minimum absolute atomic E-state index is 0.860. The zero-order chi connectivity index (χ0) is 18.5. The van der Waals surface area contributed by atoms with E-state index in [1.807, 2.05) is 0 Å². The molecular weight excluding hydrogens is 320 g/mol. The Morgan fingerprint density at radius 1 is 0.615 bits per heavy atom. The molecule has 1 saturated carbocycles. The van der Waals surface area contributed by atoms with Crippen molar-refractivity contribution >= 4 is 0 Å². The molecule has 4 atom stereocenters. The molecule has 0 unspecified atom stereocenters. The van der Waals surface area contributed by atoms with Crippen LogP contribution in [0, 0.1) is 11.8 Å². The lowest BCUT2D eigenvalue weighted by Crippen LogP contribution is -2.63. The van der Waals surface area contributed by atoms with Gasteiger partial charge < -0.3 is 9.80 Å². The van der Waals surface area contributed by atoms with Crippen LogP contribution in [0.1, 0.15) is 53.4 Å². The molecule has 0 aromatic heterocycles. The van der Waals surface area contributed by atoms with Crippen molar-refractivity contribution in [2.45, 2.75) is 65.5 Å². The van der Waals surface area contributed by atoms with Crippen LogP contribution in [0.2, 0.25) is 0 Å². The van der Waals surface area contributed by atoms with Crippen molar-refractivity contribution in [3.8, 4) is 0 Å². The average molecular weight is 365 g/mol. The summed E-state index contributed by atoms with van der Waals surface area (Å²) in [5.74, 6) is 1.84. The van der Waals surface area contributed by atoms with Crippen LogP contribution in [0.25, 0.3) is 0 Å². The maximum absolute atomic E-state index is 2.91. The van der Waals surface area contributed by atoms with E-state index in [0.29, 0.717) is 0 Å². The monoisotopic (exact) mass is 364 g/mol. The van der Waals surface area contributed by atoms with Crippen LogP contribution in [-0.4, -0.2) is 97.1 Å². The predicted octanol–water partition coefficient (Wildman–Crippen LogP) is 2.84. The largest absolute Gasteiger partial charge is 0.303 e. The van der Waals surface area contributed by atoms with E-state index in [2.05, 4.69) is 47.3 Å². The van der Waals surface area contributed by atoms with Crippen molar-refractivity contribution in [1.29, 1.82) is 0 Å². The van der Waals surface area contributed by atoms with Gasteiger partial charge in [-0.3, -0.25) is 9.80 Å². The topological polar surface area (TPSA) is 13.0 Å². The van der Waals surface area contributed by atoms with Crippen LogP contribution in [0.4, 0.5) is 0 Å². The summed E-state index contributed by atoms with van der Waals surface area (Å²) >= 11 is 0. The number of hydrogen-bond acceptors (Lipinski definition) is 4. The molecule has 6 rings (SSSR count). The van der Waals surface area contributed by atoms with Gasteiger partial charge in [0.05, 0.1) is 0 Å². The highest BCUT2D eigenvalue weighted by molar-refractivity contribution is 5.00. The van der Waals surface area contributed by atoms with Crippen LogP contribution in [-0.2, 0) is 0 Å². The van der Waals surface area contributed by atoms with Crippen LogP contribution in [0.15, 0.2) is 0 Å². The molecule has 0 radical (unpaired) electrons. The summed E-state index contributed by atoms with van der Waals surface area (Å²) in [6.07, 6.45) is 5.90. The third kappa shape index (κ3) is 4.63. The Morgan fingerprint density at radius 2 is 1.00 bits per heavy atom. The summed E-state index contributed by atoms with van der Waals surface area (Å²) < 4.78 is 0. The third-order valence-corrected chi connectivity index (χ3v) is 7.83. The highest BCUT2D eigenvalue weighted by Gasteiger charge is 2.45. The normalized spacial score (nSPS) is 32.5. The first kappa shape index (κ1) is 20.6. The maximum atomic E-state index is 2.91. The summed E-state index contributed by atoms with van der Waals surface area (Å²) in [5.41, 5.74) is 0. The smallest absolute Gasteiger partial charge is 0.0136 e. The molecule has 0 spiro atoms. The lowest BCUT2D eigenvalue weighted by Gasteiger charge is -2.56. The van der Waals surface area contributed by atoms with Gasteiger partial charge in [-0.1, -0.05) is 27.7 Å². The van der Waals surface area contributed by atoms with Crippen LogP contribution < -0.4 is 0 Å². The molecule has 4 bridgehead atoms. The third-order valence-electron chi connectivity index (χ3n) is 7.83. The van der Waals surface area contributed by atoms with E-state index in [9.17, 15) is 0 Å². The number of likely N-dealkylation sites (N-methyl/N-ethyl adjacent to an activating group) is 2. The number of nitrogens with zero attached hydrogens (tertiary/aromatic N) is 4. The molecule has 0 aromatic carbocycles. The van der Waals surface area contributed by atoms with Gasteiger partial charge in [-0.05, 0) is 63.7 Å². The van der Waals surface area contributed by atoms with Crippen LogP contribution in [0.5, 0.6) is 0 Å². The molecule has 152 valence electrons. The fourth-order valence-corrected chi connectivity index (χ4v) is 6.02. The van der Waals surface area contributed by atoms with Gasteiger partial charge in [-0.25, -0.2) is 0 Å². The molecule has 5 heterocycles. The van der Waals surface area contributed by atoms with Crippen LogP contribution in [0.3, 0.4) is 0 Å². The second-order valence-electron chi connectivity index (χ2n) is 8.85. The van der Waals surface area contributed by atoms with E-state index in [4.69, 9.17) is 0 Å². The molecule has 26 heavy (non-hydrogen) atoms. The fraction of sp³-hybridized carbons (Fsp3) is 1.00. The second-order valence-corrected chi connectivity index (χ2v) is 8.85.